The minimum atomic E-state index is -0.0919. The minimum Gasteiger partial charge on any atom is -0.507 e. The van der Waals surface area contributed by atoms with Crippen LogP contribution in [0, 0.1) is 34.0 Å². The van der Waals surface area contributed by atoms with Gasteiger partial charge in [0.2, 0.25) is 0 Å². The molecule has 3 nitrogen and oxygen atoms in total. The minimum absolute atomic E-state index is 0.0919. The van der Waals surface area contributed by atoms with E-state index in [0.717, 1.165) is 32.1 Å². The molecule has 4 aliphatic carbocycles. The van der Waals surface area contributed by atoms with Crippen molar-refractivity contribution in [1.29, 1.82) is 5.26 Å². The molecular weight excluding hydrogens is 286 g/mol. The summed E-state index contributed by atoms with van der Waals surface area (Å²) >= 11 is 0. The maximum Gasteiger partial charge on any atom is 0.139 e. The molecule has 1 aromatic carbocycles. The molecule has 0 amide bonds. The van der Waals surface area contributed by atoms with Crippen molar-refractivity contribution in [2.45, 2.75) is 51.4 Å². The maximum atomic E-state index is 12.6. The first kappa shape index (κ1) is 13.6. The summed E-state index contributed by atoms with van der Waals surface area (Å²) in [6, 6.07) is 5.85. The Morgan fingerprint density at radius 2 is 2.17 bits per heavy atom. The number of nitriles is 1. The van der Waals surface area contributed by atoms with Gasteiger partial charge in [0.25, 0.3) is 0 Å². The fourth-order valence-corrected chi connectivity index (χ4v) is 6.67. The van der Waals surface area contributed by atoms with E-state index >= 15 is 0 Å². The molecule has 0 radical (unpaired) electrons. The second kappa shape index (κ2) is 3.98. The van der Waals surface area contributed by atoms with Crippen LogP contribution in [0.3, 0.4) is 0 Å². The number of phenolic OH excluding ortho intramolecular Hbond substituents is 1. The first-order chi connectivity index (χ1) is 11.0. The van der Waals surface area contributed by atoms with E-state index in [1.807, 2.05) is 6.07 Å². The van der Waals surface area contributed by atoms with E-state index in [-0.39, 0.29) is 16.6 Å². The zero-order valence-electron chi connectivity index (χ0n) is 13.4. The Balaban J connectivity index is 1.62. The monoisotopic (exact) mass is 307 g/mol. The highest BCUT2D eigenvalue weighted by molar-refractivity contribution is 5.90. The number of phenols is 1. The van der Waals surface area contributed by atoms with Crippen LogP contribution in [0.25, 0.3) is 0 Å². The molecule has 0 aliphatic heterocycles. The van der Waals surface area contributed by atoms with Crippen LogP contribution in [0.4, 0.5) is 0 Å². The number of carbonyl (C=O) groups excluding carboxylic acids is 1. The average molecular weight is 307 g/mol. The fraction of sp³-hybridized carbons (Fsp3) is 0.600. The molecule has 3 saturated carbocycles. The van der Waals surface area contributed by atoms with Gasteiger partial charge in [0, 0.05) is 11.8 Å². The van der Waals surface area contributed by atoms with Crippen LogP contribution in [0.5, 0.6) is 5.75 Å². The highest BCUT2D eigenvalue weighted by Gasteiger charge is 2.76. The first-order valence-electron chi connectivity index (χ1n) is 8.80. The number of aryl methyl sites for hydroxylation is 1. The standard InChI is InChI=1S/C20H21NO2/c1-19-5-4-14-15-6-12(10-21)17(22)7-11(15)2-3-16(14)20(19)9-13(20)8-18(19)23/h6-7,13-14,16,22H,2-5,8-9H2,1H3/t13?,14?,16?,19-,20?/m1/s1. The first-order valence-corrected chi connectivity index (χ1v) is 8.80. The van der Waals surface area contributed by atoms with Crippen molar-refractivity contribution < 1.29 is 9.90 Å². The van der Waals surface area contributed by atoms with Crippen molar-refractivity contribution in [2.24, 2.45) is 22.7 Å². The zero-order valence-corrected chi connectivity index (χ0v) is 13.4. The Hall–Kier alpha value is -1.82. The number of hydrogen-bond acceptors (Lipinski definition) is 3. The van der Waals surface area contributed by atoms with E-state index in [1.54, 1.807) is 6.07 Å². The van der Waals surface area contributed by atoms with Gasteiger partial charge in [-0.2, -0.15) is 5.26 Å². The van der Waals surface area contributed by atoms with Crippen molar-refractivity contribution >= 4 is 5.78 Å². The summed E-state index contributed by atoms with van der Waals surface area (Å²) in [7, 11) is 0. The van der Waals surface area contributed by atoms with Crippen molar-refractivity contribution in [3.63, 3.8) is 0 Å². The molecule has 5 rings (SSSR count). The Labute approximate surface area is 136 Å². The van der Waals surface area contributed by atoms with Gasteiger partial charge in [0.05, 0.1) is 5.56 Å². The number of aromatic hydroxyl groups is 1. The Kier molecular flexibility index (Phi) is 2.35. The normalized spacial score (nSPS) is 43.0. The average Bonchev–Trinajstić information content (AvgIpc) is 3.19. The summed E-state index contributed by atoms with van der Waals surface area (Å²) in [6.07, 6.45) is 6.16. The van der Waals surface area contributed by atoms with Crippen LogP contribution < -0.4 is 0 Å². The Bertz CT molecular complexity index is 792. The fourth-order valence-electron chi connectivity index (χ4n) is 6.67. The van der Waals surface area contributed by atoms with E-state index in [1.165, 1.54) is 17.5 Å². The molecule has 4 unspecified atom stereocenters. The van der Waals surface area contributed by atoms with Gasteiger partial charge in [0.1, 0.15) is 17.6 Å². The summed E-state index contributed by atoms with van der Waals surface area (Å²) in [5.41, 5.74) is 3.03. The van der Waals surface area contributed by atoms with Gasteiger partial charge in [-0.3, -0.25) is 4.79 Å². The van der Waals surface area contributed by atoms with Gasteiger partial charge in [-0.15, -0.1) is 0 Å². The van der Waals surface area contributed by atoms with E-state index in [4.69, 9.17) is 0 Å². The third-order valence-corrected chi connectivity index (χ3v) is 7.83. The molecule has 23 heavy (non-hydrogen) atoms. The molecule has 0 bridgehead atoms. The highest BCUT2D eigenvalue weighted by atomic mass is 16.3. The predicted molar refractivity (Wildman–Crippen MR) is 84.9 cm³/mol. The molecule has 1 aromatic rings. The summed E-state index contributed by atoms with van der Waals surface area (Å²) in [5, 5.41) is 19.2. The molecule has 5 atom stereocenters. The van der Waals surface area contributed by atoms with Crippen molar-refractivity contribution in [2.75, 3.05) is 0 Å². The van der Waals surface area contributed by atoms with E-state index in [2.05, 4.69) is 13.0 Å². The quantitative estimate of drug-likeness (QED) is 0.795. The van der Waals surface area contributed by atoms with Crippen molar-refractivity contribution in [3.8, 4) is 11.8 Å². The molecule has 3 heteroatoms. The van der Waals surface area contributed by atoms with Crippen LogP contribution >= 0.6 is 0 Å². The molecule has 1 N–H and O–H groups in total. The molecule has 0 heterocycles. The van der Waals surface area contributed by atoms with E-state index in [9.17, 15) is 15.2 Å². The smallest absolute Gasteiger partial charge is 0.139 e. The summed E-state index contributed by atoms with van der Waals surface area (Å²) < 4.78 is 0. The number of benzene rings is 1. The number of ketones is 1. The van der Waals surface area contributed by atoms with E-state index in [0.29, 0.717) is 29.1 Å². The lowest BCUT2D eigenvalue weighted by Gasteiger charge is -2.50. The van der Waals surface area contributed by atoms with Crippen LogP contribution in [0.1, 0.15) is 61.6 Å². The van der Waals surface area contributed by atoms with Gasteiger partial charge in [-0.05, 0) is 78.5 Å². The molecule has 0 aromatic heterocycles. The molecule has 0 saturated heterocycles. The van der Waals surface area contributed by atoms with Crippen LogP contribution in [0.15, 0.2) is 12.1 Å². The number of Topliss-reactive ketones (excluding diaryl/α,β-unsaturated/α-hetero) is 1. The predicted octanol–water partition coefficient (Wildman–Crippen LogP) is 3.69. The van der Waals surface area contributed by atoms with Gasteiger partial charge in [-0.25, -0.2) is 0 Å². The second-order valence-corrected chi connectivity index (χ2v) is 8.37. The van der Waals surface area contributed by atoms with Gasteiger partial charge >= 0.3 is 0 Å². The Morgan fingerprint density at radius 1 is 1.35 bits per heavy atom. The molecule has 4 aliphatic rings. The lowest BCUT2D eigenvalue weighted by Crippen LogP contribution is -2.46. The summed E-state index contributed by atoms with van der Waals surface area (Å²) in [6.45, 7) is 2.23. The number of fused-ring (bicyclic) bond motifs is 3. The highest BCUT2D eigenvalue weighted by Crippen LogP contribution is 2.80. The zero-order chi connectivity index (χ0) is 16.0. The van der Waals surface area contributed by atoms with Crippen LogP contribution in [-0.2, 0) is 11.2 Å². The second-order valence-electron chi connectivity index (χ2n) is 8.37. The van der Waals surface area contributed by atoms with Crippen LogP contribution in [-0.4, -0.2) is 10.9 Å². The Morgan fingerprint density at radius 3 is 2.96 bits per heavy atom. The topological polar surface area (TPSA) is 61.1 Å². The van der Waals surface area contributed by atoms with Crippen LogP contribution in [0.2, 0.25) is 0 Å². The molecular formula is C20H21NO2. The maximum absolute atomic E-state index is 12.6. The SMILES string of the molecule is C[C@]12CCC3c4cc(C#N)c(O)cc4CCC3C13CC3CC2=O. The largest absolute Gasteiger partial charge is 0.507 e. The lowest BCUT2D eigenvalue weighted by atomic mass is 9.52. The molecule has 3 fully saturated rings. The number of nitrogens with zero attached hydrogens (tertiary/aromatic N) is 1. The summed E-state index contributed by atoms with van der Waals surface area (Å²) in [5.74, 6) is 2.28. The van der Waals surface area contributed by atoms with Gasteiger partial charge in [-0.1, -0.05) is 6.92 Å². The number of carbonyl (C=O) groups is 1. The molecule has 118 valence electrons. The lowest BCUT2D eigenvalue weighted by molar-refractivity contribution is -0.132. The number of hydrogen-bond donors (Lipinski definition) is 1. The van der Waals surface area contributed by atoms with Gasteiger partial charge in [0.15, 0.2) is 0 Å². The third kappa shape index (κ3) is 1.39. The van der Waals surface area contributed by atoms with Crippen molar-refractivity contribution in [1.82, 2.24) is 0 Å². The van der Waals surface area contributed by atoms with Gasteiger partial charge < -0.3 is 5.11 Å². The number of rotatable bonds is 0. The molecule has 1 spiro atoms. The van der Waals surface area contributed by atoms with E-state index < -0.39 is 0 Å². The van der Waals surface area contributed by atoms with Crippen molar-refractivity contribution in [3.05, 3.63) is 28.8 Å². The summed E-state index contributed by atoms with van der Waals surface area (Å²) in [4.78, 5) is 12.6. The third-order valence-electron chi connectivity index (χ3n) is 7.83.